The maximum atomic E-state index is 5.89. The van der Waals surface area contributed by atoms with Crippen LogP contribution >= 0.6 is 11.6 Å². The van der Waals surface area contributed by atoms with E-state index in [2.05, 4.69) is 6.58 Å². The Morgan fingerprint density at radius 2 is 2.23 bits per heavy atom. The fraction of sp³-hybridized carbons (Fsp3) is 0.100. The second kappa shape index (κ2) is 3.23. The number of hydrogen-bond donors (Lipinski definition) is 0. The van der Waals surface area contributed by atoms with Crippen LogP contribution in [0.3, 0.4) is 0 Å². The van der Waals surface area contributed by atoms with Gasteiger partial charge in [-0.05, 0) is 12.1 Å². The summed E-state index contributed by atoms with van der Waals surface area (Å²) in [6, 6.07) is 7.73. The van der Waals surface area contributed by atoms with Gasteiger partial charge in [-0.25, -0.2) is 0 Å². The molecule has 2 nitrogen and oxygen atoms in total. The Morgan fingerprint density at radius 1 is 1.46 bits per heavy atom. The fourth-order valence-electron chi connectivity index (χ4n) is 1.31. The predicted molar refractivity (Wildman–Crippen MR) is 51.6 cm³/mol. The minimum absolute atomic E-state index is 0.390. The Balaban J connectivity index is 2.70. The first kappa shape index (κ1) is 8.32. The van der Waals surface area contributed by atoms with Gasteiger partial charge < -0.3 is 4.42 Å². The van der Waals surface area contributed by atoms with Crippen molar-refractivity contribution in [2.75, 3.05) is 0 Å². The number of hydrogen-bond acceptors (Lipinski definition) is 1. The summed E-state index contributed by atoms with van der Waals surface area (Å²) in [5.41, 5.74) is 1.79. The molecule has 0 aliphatic carbocycles. The molecule has 1 aromatic heterocycles. The van der Waals surface area contributed by atoms with E-state index in [1.807, 2.05) is 28.8 Å². The number of nitrogens with zero attached hydrogens (tertiary/aromatic N) is 1. The van der Waals surface area contributed by atoms with Crippen LogP contribution in [0.5, 0.6) is 0 Å². The van der Waals surface area contributed by atoms with Crippen LogP contribution in [0.25, 0.3) is 11.1 Å². The molecule has 0 aliphatic heterocycles. The number of fused-ring (bicyclic) bond motifs is 1. The highest BCUT2D eigenvalue weighted by molar-refractivity contribution is 6.27. The molecule has 13 heavy (non-hydrogen) atoms. The van der Waals surface area contributed by atoms with Gasteiger partial charge in [0.25, 0.3) is 5.52 Å². The van der Waals surface area contributed by atoms with Crippen LogP contribution in [0.2, 0.25) is 5.35 Å². The van der Waals surface area contributed by atoms with E-state index < -0.39 is 0 Å². The van der Waals surface area contributed by atoms with Gasteiger partial charge in [0.15, 0.2) is 6.54 Å². The second-order valence-corrected chi connectivity index (χ2v) is 3.05. The van der Waals surface area contributed by atoms with Crippen LogP contribution in [0.1, 0.15) is 0 Å². The van der Waals surface area contributed by atoms with Gasteiger partial charge in [-0.1, -0.05) is 18.7 Å². The Hall–Kier alpha value is -1.28. The molecule has 3 heteroatoms. The highest BCUT2D eigenvalue weighted by Crippen LogP contribution is 2.16. The van der Waals surface area contributed by atoms with Gasteiger partial charge in [0.2, 0.25) is 5.58 Å². The third kappa shape index (κ3) is 1.33. The average molecular weight is 195 g/mol. The molecule has 0 radical (unpaired) electrons. The first-order chi connectivity index (χ1) is 6.33. The minimum Gasteiger partial charge on any atom is -0.389 e. The molecular formula is C10H9ClNO+. The molecule has 1 aromatic carbocycles. The lowest BCUT2D eigenvalue weighted by molar-refractivity contribution is -0.663. The van der Waals surface area contributed by atoms with Crippen molar-refractivity contribution in [3.8, 4) is 0 Å². The smallest absolute Gasteiger partial charge is 0.389 e. The van der Waals surface area contributed by atoms with Gasteiger partial charge >= 0.3 is 5.35 Å². The summed E-state index contributed by atoms with van der Waals surface area (Å²) in [7, 11) is 0. The van der Waals surface area contributed by atoms with Gasteiger partial charge in [0.05, 0.1) is 0 Å². The predicted octanol–water partition coefficient (Wildman–Crippen LogP) is 2.56. The number of allylic oxidation sites excluding steroid dienone is 1. The van der Waals surface area contributed by atoms with E-state index in [1.165, 1.54) is 0 Å². The molecule has 0 spiro atoms. The van der Waals surface area contributed by atoms with Crippen molar-refractivity contribution in [3.63, 3.8) is 0 Å². The number of rotatable bonds is 2. The van der Waals surface area contributed by atoms with E-state index in [-0.39, 0.29) is 0 Å². The van der Waals surface area contributed by atoms with Crippen molar-refractivity contribution in [3.05, 3.63) is 42.3 Å². The lowest BCUT2D eigenvalue weighted by Gasteiger charge is -1.85. The van der Waals surface area contributed by atoms with E-state index in [9.17, 15) is 0 Å². The van der Waals surface area contributed by atoms with Crippen molar-refractivity contribution in [1.29, 1.82) is 0 Å². The standard InChI is InChI=1S/C10H9ClNO/c1-2-7-12-8-5-3-4-6-9(8)13-10(12)11/h2-6H,1,7H2/q+1. The molecule has 0 N–H and O–H groups in total. The van der Waals surface area contributed by atoms with Crippen LogP contribution in [-0.4, -0.2) is 0 Å². The van der Waals surface area contributed by atoms with Crippen LogP contribution in [0, 0.1) is 0 Å². The van der Waals surface area contributed by atoms with E-state index in [0.29, 0.717) is 11.9 Å². The monoisotopic (exact) mass is 194 g/mol. The first-order valence-electron chi connectivity index (χ1n) is 4.00. The Labute approximate surface area is 81.0 Å². The zero-order chi connectivity index (χ0) is 9.26. The van der Waals surface area contributed by atoms with Crippen molar-refractivity contribution < 1.29 is 8.98 Å². The Bertz CT molecular complexity index is 447. The van der Waals surface area contributed by atoms with Gasteiger partial charge in [0, 0.05) is 17.7 Å². The maximum Gasteiger partial charge on any atom is 0.451 e. The van der Waals surface area contributed by atoms with Crippen molar-refractivity contribution >= 4 is 22.7 Å². The first-order valence-corrected chi connectivity index (χ1v) is 4.38. The molecule has 2 aromatic rings. The average Bonchev–Trinajstić information content (AvgIpc) is 2.44. The third-order valence-corrected chi connectivity index (χ3v) is 2.16. The molecule has 0 saturated heterocycles. The maximum absolute atomic E-state index is 5.89. The molecule has 0 fully saturated rings. The zero-order valence-electron chi connectivity index (χ0n) is 7.03. The molecule has 66 valence electrons. The van der Waals surface area contributed by atoms with Gasteiger partial charge in [-0.3, -0.25) is 0 Å². The molecule has 0 bridgehead atoms. The van der Waals surface area contributed by atoms with E-state index in [1.54, 1.807) is 6.08 Å². The SMILES string of the molecule is C=CC[n+]1c(Cl)oc2ccccc21. The minimum atomic E-state index is 0.390. The van der Waals surface area contributed by atoms with Gasteiger partial charge in [-0.15, -0.1) is 4.57 Å². The number of halogens is 1. The molecule has 0 atom stereocenters. The molecule has 0 aliphatic rings. The molecule has 0 saturated carbocycles. The summed E-state index contributed by atoms with van der Waals surface area (Å²) in [4.78, 5) is 0. The summed E-state index contributed by atoms with van der Waals surface area (Å²) in [5.74, 6) is 0. The highest BCUT2D eigenvalue weighted by Gasteiger charge is 2.18. The highest BCUT2D eigenvalue weighted by atomic mass is 35.5. The van der Waals surface area contributed by atoms with Gasteiger partial charge in [0.1, 0.15) is 0 Å². The normalized spacial score (nSPS) is 10.5. The van der Waals surface area contributed by atoms with Crippen LogP contribution in [0.4, 0.5) is 0 Å². The Kier molecular flexibility index (Phi) is 2.07. The Morgan fingerprint density at radius 3 is 3.00 bits per heavy atom. The number of benzene rings is 1. The summed E-state index contributed by atoms with van der Waals surface area (Å²) in [6.07, 6.45) is 1.79. The largest absolute Gasteiger partial charge is 0.451 e. The number of para-hydroxylation sites is 2. The molecule has 2 rings (SSSR count). The van der Waals surface area contributed by atoms with E-state index in [0.717, 1.165) is 11.1 Å². The zero-order valence-corrected chi connectivity index (χ0v) is 7.79. The topological polar surface area (TPSA) is 17.0 Å². The van der Waals surface area contributed by atoms with E-state index >= 15 is 0 Å². The summed E-state index contributed by atoms with van der Waals surface area (Å²) < 4.78 is 7.20. The third-order valence-electron chi connectivity index (χ3n) is 1.87. The van der Waals surface area contributed by atoms with E-state index in [4.69, 9.17) is 16.0 Å². The molecule has 1 heterocycles. The van der Waals surface area contributed by atoms with Crippen LogP contribution < -0.4 is 4.57 Å². The number of oxazole rings is 1. The van der Waals surface area contributed by atoms with Crippen molar-refractivity contribution in [2.45, 2.75) is 6.54 Å². The molecule has 0 amide bonds. The lowest BCUT2D eigenvalue weighted by Crippen LogP contribution is -2.32. The second-order valence-electron chi connectivity index (χ2n) is 2.72. The summed E-state index contributed by atoms with van der Waals surface area (Å²) in [6.45, 7) is 4.32. The molecular weight excluding hydrogens is 186 g/mol. The fourth-order valence-corrected chi connectivity index (χ4v) is 1.55. The van der Waals surface area contributed by atoms with Crippen LogP contribution in [0.15, 0.2) is 41.3 Å². The number of aromatic nitrogens is 1. The van der Waals surface area contributed by atoms with Crippen molar-refractivity contribution in [2.24, 2.45) is 0 Å². The van der Waals surface area contributed by atoms with Crippen LogP contribution in [-0.2, 0) is 6.54 Å². The summed E-state index contributed by atoms with van der Waals surface area (Å²) >= 11 is 5.89. The summed E-state index contributed by atoms with van der Waals surface area (Å²) in [5, 5.41) is 0.390. The lowest BCUT2D eigenvalue weighted by atomic mass is 10.3. The quantitative estimate of drug-likeness (QED) is 0.531. The van der Waals surface area contributed by atoms with Gasteiger partial charge in [-0.2, -0.15) is 0 Å². The van der Waals surface area contributed by atoms with Crippen molar-refractivity contribution in [1.82, 2.24) is 0 Å². The molecule has 0 unspecified atom stereocenters.